The highest BCUT2D eigenvalue weighted by Crippen LogP contribution is 2.29. The lowest BCUT2D eigenvalue weighted by Crippen LogP contribution is -2.10. The van der Waals surface area contributed by atoms with Crippen molar-refractivity contribution in [1.82, 2.24) is 0 Å². The first-order chi connectivity index (χ1) is 17.6. The SMILES string of the molecule is O=C(Nc1ccc(Oc2cccc(Oc3ccc(NC(=O)c4ccco4)cc3)c2)cc1)c1ccco1. The van der Waals surface area contributed by atoms with Crippen LogP contribution in [0.25, 0.3) is 0 Å². The Kier molecular flexibility index (Phi) is 6.48. The van der Waals surface area contributed by atoms with Gasteiger partial charge in [-0.25, -0.2) is 0 Å². The van der Waals surface area contributed by atoms with Crippen LogP contribution in [0.1, 0.15) is 21.1 Å². The van der Waals surface area contributed by atoms with Crippen LogP contribution in [0, 0.1) is 0 Å². The number of rotatable bonds is 8. The van der Waals surface area contributed by atoms with Gasteiger partial charge in [-0.15, -0.1) is 0 Å². The summed E-state index contributed by atoms with van der Waals surface area (Å²) in [6, 6.07) is 27.7. The molecule has 0 fully saturated rings. The van der Waals surface area contributed by atoms with E-state index in [4.69, 9.17) is 18.3 Å². The van der Waals surface area contributed by atoms with Gasteiger partial charge < -0.3 is 28.9 Å². The standard InChI is InChI=1S/C28H20N2O6/c31-27(25-6-2-16-33-25)29-19-8-12-21(13-9-19)35-23-4-1-5-24(18-23)36-22-14-10-20(11-15-22)30-28(32)26-7-3-17-34-26/h1-18H,(H,29,31)(H,30,32). The molecule has 0 atom stereocenters. The van der Waals surface area contributed by atoms with Crippen LogP contribution in [-0.2, 0) is 0 Å². The van der Waals surface area contributed by atoms with Crippen molar-refractivity contribution in [2.75, 3.05) is 10.6 Å². The number of benzene rings is 3. The second-order valence-corrected chi connectivity index (χ2v) is 7.59. The monoisotopic (exact) mass is 480 g/mol. The minimum absolute atomic E-state index is 0.236. The average molecular weight is 480 g/mol. The van der Waals surface area contributed by atoms with Crippen LogP contribution < -0.4 is 20.1 Å². The fourth-order valence-electron chi connectivity index (χ4n) is 3.29. The van der Waals surface area contributed by atoms with Crippen molar-refractivity contribution < 1.29 is 27.9 Å². The van der Waals surface area contributed by atoms with E-state index in [2.05, 4.69) is 10.6 Å². The molecule has 0 radical (unpaired) electrons. The predicted octanol–water partition coefficient (Wildman–Crippen LogP) is 6.96. The molecule has 8 heteroatoms. The Balaban J connectivity index is 1.17. The maximum absolute atomic E-state index is 12.1. The molecule has 2 aromatic heterocycles. The summed E-state index contributed by atoms with van der Waals surface area (Å²) in [5.41, 5.74) is 1.23. The summed E-state index contributed by atoms with van der Waals surface area (Å²) in [5.74, 6) is 2.18. The zero-order valence-electron chi connectivity index (χ0n) is 18.8. The maximum atomic E-state index is 12.1. The lowest BCUT2D eigenvalue weighted by Gasteiger charge is -2.10. The van der Waals surface area contributed by atoms with E-state index in [1.807, 2.05) is 18.2 Å². The second kappa shape index (κ2) is 10.4. The number of furan rings is 2. The molecular weight excluding hydrogens is 460 g/mol. The number of ether oxygens (including phenoxy) is 2. The smallest absolute Gasteiger partial charge is 0.291 e. The molecule has 0 saturated carbocycles. The Morgan fingerprint density at radius 3 is 1.36 bits per heavy atom. The molecule has 5 aromatic rings. The van der Waals surface area contributed by atoms with Crippen LogP contribution in [0.15, 0.2) is 118 Å². The third-order valence-electron chi connectivity index (χ3n) is 4.99. The first kappa shape index (κ1) is 22.5. The fourth-order valence-corrected chi connectivity index (χ4v) is 3.29. The number of carbonyl (C=O) groups is 2. The molecule has 2 amide bonds. The Labute approximate surface area is 206 Å². The van der Waals surface area contributed by atoms with E-state index >= 15 is 0 Å². The van der Waals surface area contributed by atoms with Gasteiger partial charge >= 0.3 is 0 Å². The van der Waals surface area contributed by atoms with Gasteiger partial charge in [0.1, 0.15) is 23.0 Å². The van der Waals surface area contributed by atoms with E-state index in [0.717, 1.165) is 0 Å². The van der Waals surface area contributed by atoms with Gasteiger partial charge in [-0.05, 0) is 84.9 Å². The van der Waals surface area contributed by atoms with E-state index in [0.29, 0.717) is 34.4 Å². The number of carbonyl (C=O) groups excluding carboxylic acids is 2. The van der Waals surface area contributed by atoms with Crippen molar-refractivity contribution >= 4 is 23.2 Å². The number of hydrogen-bond acceptors (Lipinski definition) is 6. The van der Waals surface area contributed by atoms with Crippen LogP contribution in [-0.4, -0.2) is 11.8 Å². The normalized spacial score (nSPS) is 10.4. The van der Waals surface area contributed by atoms with Crippen LogP contribution in [0.4, 0.5) is 11.4 Å². The molecule has 0 aliphatic carbocycles. The molecule has 2 heterocycles. The minimum Gasteiger partial charge on any atom is -0.459 e. The van der Waals surface area contributed by atoms with Crippen LogP contribution in [0.5, 0.6) is 23.0 Å². The van der Waals surface area contributed by atoms with Crippen LogP contribution >= 0.6 is 0 Å². The molecule has 0 saturated heterocycles. The van der Waals surface area contributed by atoms with E-state index in [-0.39, 0.29) is 23.3 Å². The molecule has 8 nitrogen and oxygen atoms in total. The third kappa shape index (κ3) is 5.63. The van der Waals surface area contributed by atoms with Crippen LogP contribution in [0.3, 0.4) is 0 Å². The van der Waals surface area contributed by atoms with Gasteiger partial charge in [0.15, 0.2) is 11.5 Å². The lowest BCUT2D eigenvalue weighted by molar-refractivity contribution is 0.0989. The molecule has 36 heavy (non-hydrogen) atoms. The molecule has 0 unspecified atom stereocenters. The second-order valence-electron chi connectivity index (χ2n) is 7.59. The predicted molar refractivity (Wildman–Crippen MR) is 133 cm³/mol. The van der Waals surface area contributed by atoms with Crippen molar-refractivity contribution in [3.63, 3.8) is 0 Å². The number of amides is 2. The Hall–Kier alpha value is -5.24. The average Bonchev–Trinajstić information content (AvgIpc) is 3.62. The van der Waals surface area contributed by atoms with E-state index in [9.17, 15) is 9.59 Å². The summed E-state index contributed by atoms with van der Waals surface area (Å²) < 4.78 is 22.0. The summed E-state index contributed by atoms with van der Waals surface area (Å²) in [5, 5.41) is 5.51. The van der Waals surface area contributed by atoms with Crippen LogP contribution in [0.2, 0.25) is 0 Å². The Bertz CT molecular complexity index is 1330. The van der Waals surface area contributed by atoms with Gasteiger partial charge in [-0.1, -0.05) is 6.07 Å². The zero-order chi connectivity index (χ0) is 24.7. The molecule has 0 bridgehead atoms. The topological polar surface area (TPSA) is 103 Å². The highest BCUT2D eigenvalue weighted by molar-refractivity contribution is 6.02. The molecule has 5 rings (SSSR count). The molecule has 178 valence electrons. The quantitative estimate of drug-likeness (QED) is 0.249. The van der Waals surface area contributed by atoms with Gasteiger partial charge in [0.25, 0.3) is 11.8 Å². The highest BCUT2D eigenvalue weighted by atomic mass is 16.5. The van der Waals surface area contributed by atoms with E-state index < -0.39 is 0 Å². The fraction of sp³-hybridized carbons (Fsp3) is 0. The van der Waals surface area contributed by atoms with Crippen molar-refractivity contribution in [1.29, 1.82) is 0 Å². The van der Waals surface area contributed by atoms with Crippen molar-refractivity contribution in [3.8, 4) is 23.0 Å². The summed E-state index contributed by atoms with van der Waals surface area (Å²) >= 11 is 0. The van der Waals surface area contributed by atoms with Gasteiger partial charge in [0.05, 0.1) is 12.5 Å². The van der Waals surface area contributed by atoms with Gasteiger partial charge in [-0.3, -0.25) is 9.59 Å². The number of hydrogen-bond donors (Lipinski definition) is 2. The van der Waals surface area contributed by atoms with Gasteiger partial charge in [0.2, 0.25) is 0 Å². The van der Waals surface area contributed by atoms with E-state index in [1.165, 1.54) is 12.5 Å². The summed E-state index contributed by atoms with van der Waals surface area (Å²) in [6.45, 7) is 0. The highest BCUT2D eigenvalue weighted by Gasteiger charge is 2.10. The van der Waals surface area contributed by atoms with Crippen molar-refractivity contribution in [2.45, 2.75) is 0 Å². The summed E-state index contributed by atoms with van der Waals surface area (Å²) in [6.07, 6.45) is 2.89. The Morgan fingerprint density at radius 2 is 0.972 bits per heavy atom. The minimum atomic E-state index is -0.327. The molecule has 2 N–H and O–H groups in total. The lowest BCUT2D eigenvalue weighted by atomic mass is 10.2. The van der Waals surface area contributed by atoms with Crippen molar-refractivity contribution in [3.05, 3.63) is 121 Å². The molecule has 3 aromatic carbocycles. The zero-order valence-corrected chi connectivity index (χ0v) is 18.8. The summed E-state index contributed by atoms with van der Waals surface area (Å²) in [4.78, 5) is 24.2. The van der Waals surface area contributed by atoms with E-state index in [1.54, 1.807) is 78.9 Å². The largest absolute Gasteiger partial charge is 0.459 e. The number of anilines is 2. The van der Waals surface area contributed by atoms with Gasteiger partial charge in [-0.2, -0.15) is 0 Å². The molecular formula is C28H20N2O6. The summed E-state index contributed by atoms with van der Waals surface area (Å²) in [7, 11) is 0. The first-order valence-electron chi connectivity index (χ1n) is 11.0. The van der Waals surface area contributed by atoms with Crippen molar-refractivity contribution in [2.24, 2.45) is 0 Å². The molecule has 0 spiro atoms. The third-order valence-corrected chi connectivity index (χ3v) is 4.99. The number of nitrogens with one attached hydrogen (secondary N) is 2. The first-order valence-corrected chi connectivity index (χ1v) is 11.0. The molecule has 0 aliphatic heterocycles. The maximum Gasteiger partial charge on any atom is 0.291 e. The molecule has 0 aliphatic rings. The van der Waals surface area contributed by atoms with Gasteiger partial charge in [0, 0.05) is 17.4 Å². The Morgan fingerprint density at radius 1 is 0.528 bits per heavy atom.